The van der Waals surface area contributed by atoms with E-state index in [0.29, 0.717) is 0 Å². The summed E-state index contributed by atoms with van der Waals surface area (Å²) < 4.78 is 0. The van der Waals surface area contributed by atoms with Gasteiger partial charge in [0.15, 0.2) is 0 Å². The molecule has 0 saturated heterocycles. The molecule has 0 aliphatic carbocycles. The Hall–Kier alpha value is -1.67. The van der Waals surface area contributed by atoms with Crippen molar-refractivity contribution < 1.29 is 0 Å². The summed E-state index contributed by atoms with van der Waals surface area (Å²) in [6, 6.07) is 14.6. The third-order valence-electron chi connectivity index (χ3n) is 3.31. The summed E-state index contributed by atoms with van der Waals surface area (Å²) in [4.78, 5) is 2.30. The molecule has 2 aromatic carbocycles. The lowest BCUT2D eigenvalue weighted by Crippen LogP contribution is -2.29. The first-order chi connectivity index (χ1) is 8.75. The Bertz CT molecular complexity index is 580. The molecule has 0 radical (unpaired) electrons. The highest BCUT2D eigenvalue weighted by atomic mass is 35.5. The number of para-hydroxylation sites is 2. The number of nitrogens with one attached hydrogen (secondary N) is 1. The van der Waals surface area contributed by atoms with Crippen LogP contribution in [0.15, 0.2) is 42.5 Å². The number of halogens is 1. The maximum atomic E-state index is 6.22. The molecule has 1 heterocycles. The topological polar surface area (TPSA) is 15.3 Å². The highest BCUT2D eigenvalue weighted by Gasteiger charge is 2.17. The van der Waals surface area contributed by atoms with Crippen LogP contribution in [0.4, 0.5) is 17.1 Å². The molecule has 3 rings (SSSR count). The molecule has 0 fully saturated rings. The summed E-state index contributed by atoms with van der Waals surface area (Å²) in [5.41, 5.74) is 4.66. The smallest absolute Gasteiger partial charge is 0.0647 e. The zero-order valence-corrected chi connectivity index (χ0v) is 11.0. The Morgan fingerprint density at radius 3 is 2.83 bits per heavy atom. The predicted octanol–water partition coefficient (Wildman–Crippen LogP) is 4.21. The molecule has 0 atom stereocenters. The van der Waals surface area contributed by atoms with Gasteiger partial charge < -0.3 is 10.2 Å². The van der Waals surface area contributed by atoms with Gasteiger partial charge in [-0.25, -0.2) is 0 Å². The maximum Gasteiger partial charge on any atom is 0.0647 e. The SMILES string of the molecule is Cc1ccc(N2CCNc3ccccc32)cc1Cl. The monoisotopic (exact) mass is 258 g/mol. The van der Waals surface area contributed by atoms with Crippen LogP contribution in [-0.2, 0) is 0 Å². The molecule has 2 aromatic rings. The van der Waals surface area contributed by atoms with E-state index in [1.165, 1.54) is 11.4 Å². The van der Waals surface area contributed by atoms with Gasteiger partial charge in [-0.15, -0.1) is 0 Å². The summed E-state index contributed by atoms with van der Waals surface area (Å²) in [7, 11) is 0. The van der Waals surface area contributed by atoms with Gasteiger partial charge in [0.05, 0.1) is 11.4 Å². The van der Waals surface area contributed by atoms with Crippen LogP contribution in [-0.4, -0.2) is 13.1 Å². The zero-order valence-electron chi connectivity index (χ0n) is 10.3. The maximum absolute atomic E-state index is 6.22. The molecule has 0 saturated carbocycles. The van der Waals surface area contributed by atoms with Crippen molar-refractivity contribution in [3.05, 3.63) is 53.1 Å². The largest absolute Gasteiger partial charge is 0.382 e. The van der Waals surface area contributed by atoms with Gasteiger partial charge in [0.1, 0.15) is 0 Å². The van der Waals surface area contributed by atoms with Crippen molar-refractivity contribution in [1.29, 1.82) is 0 Å². The average Bonchev–Trinajstić information content (AvgIpc) is 2.41. The lowest BCUT2D eigenvalue weighted by Gasteiger charge is -2.32. The van der Waals surface area contributed by atoms with E-state index in [1.54, 1.807) is 0 Å². The van der Waals surface area contributed by atoms with E-state index in [2.05, 4.69) is 46.6 Å². The van der Waals surface area contributed by atoms with Crippen LogP contribution in [0.3, 0.4) is 0 Å². The first-order valence-electron chi connectivity index (χ1n) is 6.12. The Kier molecular flexibility index (Phi) is 2.88. The number of hydrogen-bond acceptors (Lipinski definition) is 2. The number of fused-ring (bicyclic) bond motifs is 1. The number of hydrogen-bond donors (Lipinski definition) is 1. The van der Waals surface area contributed by atoms with E-state index in [4.69, 9.17) is 11.6 Å². The van der Waals surface area contributed by atoms with Crippen LogP contribution in [0.1, 0.15) is 5.56 Å². The lowest BCUT2D eigenvalue weighted by molar-refractivity contribution is 0.926. The molecule has 0 unspecified atom stereocenters. The van der Waals surface area contributed by atoms with E-state index in [1.807, 2.05) is 13.0 Å². The number of benzene rings is 2. The molecular weight excluding hydrogens is 244 g/mol. The van der Waals surface area contributed by atoms with E-state index in [9.17, 15) is 0 Å². The van der Waals surface area contributed by atoms with Gasteiger partial charge in [0.25, 0.3) is 0 Å². The van der Waals surface area contributed by atoms with Gasteiger partial charge in [-0.1, -0.05) is 29.8 Å². The molecule has 1 N–H and O–H groups in total. The van der Waals surface area contributed by atoms with Crippen LogP contribution in [0.25, 0.3) is 0 Å². The third kappa shape index (κ3) is 1.93. The van der Waals surface area contributed by atoms with Crippen molar-refractivity contribution >= 4 is 28.7 Å². The quantitative estimate of drug-likeness (QED) is 0.824. The molecule has 0 amide bonds. The Balaban J connectivity index is 2.05. The van der Waals surface area contributed by atoms with Gasteiger partial charge >= 0.3 is 0 Å². The molecule has 92 valence electrons. The fraction of sp³-hybridized carbons (Fsp3) is 0.200. The van der Waals surface area contributed by atoms with Crippen molar-refractivity contribution in [3.63, 3.8) is 0 Å². The molecule has 18 heavy (non-hydrogen) atoms. The highest BCUT2D eigenvalue weighted by molar-refractivity contribution is 6.31. The summed E-state index contributed by atoms with van der Waals surface area (Å²) in [6.45, 7) is 3.93. The standard InChI is InChI=1S/C15H15ClN2/c1-11-6-7-12(10-13(11)16)18-9-8-17-14-4-2-3-5-15(14)18/h2-7,10,17H,8-9H2,1H3. The number of anilines is 3. The van der Waals surface area contributed by atoms with Crippen molar-refractivity contribution in [2.45, 2.75) is 6.92 Å². The van der Waals surface area contributed by atoms with Crippen LogP contribution in [0.2, 0.25) is 5.02 Å². The van der Waals surface area contributed by atoms with E-state index in [-0.39, 0.29) is 0 Å². The number of aryl methyl sites for hydroxylation is 1. The molecule has 0 aromatic heterocycles. The normalized spacial score (nSPS) is 14.0. The van der Waals surface area contributed by atoms with Gasteiger partial charge in [0.2, 0.25) is 0 Å². The Morgan fingerprint density at radius 2 is 2.00 bits per heavy atom. The molecule has 1 aliphatic heterocycles. The zero-order chi connectivity index (χ0) is 12.5. The van der Waals surface area contributed by atoms with E-state index in [0.717, 1.165) is 29.4 Å². The second kappa shape index (κ2) is 4.54. The second-order valence-corrected chi connectivity index (χ2v) is 4.94. The molecule has 1 aliphatic rings. The first kappa shape index (κ1) is 11.4. The van der Waals surface area contributed by atoms with Crippen LogP contribution in [0.5, 0.6) is 0 Å². The van der Waals surface area contributed by atoms with Crippen molar-refractivity contribution in [1.82, 2.24) is 0 Å². The molecule has 2 nitrogen and oxygen atoms in total. The minimum atomic E-state index is 0.823. The highest BCUT2D eigenvalue weighted by Crippen LogP contribution is 2.35. The second-order valence-electron chi connectivity index (χ2n) is 4.53. The van der Waals surface area contributed by atoms with Crippen molar-refractivity contribution in [3.8, 4) is 0 Å². The minimum absolute atomic E-state index is 0.823. The number of rotatable bonds is 1. The lowest BCUT2D eigenvalue weighted by atomic mass is 10.1. The van der Waals surface area contributed by atoms with Crippen molar-refractivity contribution in [2.24, 2.45) is 0 Å². The summed E-state index contributed by atoms with van der Waals surface area (Å²) in [5.74, 6) is 0. The van der Waals surface area contributed by atoms with Gasteiger partial charge in [-0.3, -0.25) is 0 Å². The summed E-state index contributed by atoms with van der Waals surface area (Å²) in [6.07, 6.45) is 0. The minimum Gasteiger partial charge on any atom is -0.382 e. The first-order valence-corrected chi connectivity index (χ1v) is 6.50. The molecule has 0 spiro atoms. The summed E-state index contributed by atoms with van der Waals surface area (Å²) >= 11 is 6.22. The van der Waals surface area contributed by atoms with E-state index < -0.39 is 0 Å². The van der Waals surface area contributed by atoms with Crippen LogP contribution in [0, 0.1) is 6.92 Å². The molecule has 3 heteroatoms. The fourth-order valence-electron chi connectivity index (χ4n) is 2.30. The fourth-order valence-corrected chi connectivity index (χ4v) is 2.47. The van der Waals surface area contributed by atoms with Gasteiger partial charge in [-0.05, 0) is 36.8 Å². The average molecular weight is 259 g/mol. The summed E-state index contributed by atoms with van der Waals surface area (Å²) in [5, 5.41) is 4.24. The third-order valence-corrected chi connectivity index (χ3v) is 3.72. The van der Waals surface area contributed by atoms with Crippen LogP contribution >= 0.6 is 11.6 Å². The van der Waals surface area contributed by atoms with Crippen LogP contribution < -0.4 is 10.2 Å². The molecule has 0 bridgehead atoms. The molecular formula is C15H15ClN2. The van der Waals surface area contributed by atoms with Crippen molar-refractivity contribution in [2.75, 3.05) is 23.3 Å². The van der Waals surface area contributed by atoms with Gasteiger partial charge in [0, 0.05) is 23.8 Å². The van der Waals surface area contributed by atoms with E-state index >= 15 is 0 Å². The Labute approximate surface area is 112 Å². The number of nitrogens with zero attached hydrogens (tertiary/aromatic N) is 1. The van der Waals surface area contributed by atoms with Gasteiger partial charge in [-0.2, -0.15) is 0 Å². The predicted molar refractivity (Wildman–Crippen MR) is 78.1 cm³/mol. The Morgan fingerprint density at radius 1 is 1.17 bits per heavy atom.